The van der Waals surface area contributed by atoms with E-state index in [1.165, 1.54) is 19.2 Å². The van der Waals surface area contributed by atoms with E-state index in [4.69, 9.17) is 21.1 Å². The Morgan fingerprint density at radius 3 is 2.52 bits per heavy atom. The molecule has 0 aliphatic heterocycles. The summed E-state index contributed by atoms with van der Waals surface area (Å²) in [5.74, 6) is -0.241. The summed E-state index contributed by atoms with van der Waals surface area (Å²) in [7, 11) is -1.10. The van der Waals surface area contributed by atoms with Gasteiger partial charge >= 0.3 is 0 Å². The maximum absolute atomic E-state index is 13.4. The third-order valence-electron chi connectivity index (χ3n) is 4.11. The summed E-state index contributed by atoms with van der Waals surface area (Å²) in [4.78, 5) is 12.3. The SMILES string of the molecule is COCCCNC(=O)CN(Cc1ccccc1)S(=O)(=O)c1cc(Cl)ccc1OC. The maximum Gasteiger partial charge on any atom is 0.247 e. The number of amides is 1. The highest BCUT2D eigenvalue weighted by Crippen LogP contribution is 2.30. The molecule has 0 aromatic heterocycles. The Kier molecular flexibility index (Phi) is 8.91. The van der Waals surface area contributed by atoms with E-state index in [0.29, 0.717) is 19.6 Å². The molecule has 0 heterocycles. The van der Waals surface area contributed by atoms with Crippen LogP contribution in [-0.2, 0) is 26.1 Å². The van der Waals surface area contributed by atoms with Crippen molar-refractivity contribution in [2.45, 2.75) is 17.9 Å². The lowest BCUT2D eigenvalue weighted by Crippen LogP contribution is -2.40. The Morgan fingerprint density at radius 1 is 1.14 bits per heavy atom. The lowest BCUT2D eigenvalue weighted by atomic mass is 10.2. The van der Waals surface area contributed by atoms with Gasteiger partial charge in [0, 0.05) is 31.8 Å². The number of rotatable bonds is 11. The molecule has 0 aliphatic rings. The van der Waals surface area contributed by atoms with Gasteiger partial charge in [0.05, 0.1) is 13.7 Å². The summed E-state index contributed by atoms with van der Waals surface area (Å²) >= 11 is 6.02. The van der Waals surface area contributed by atoms with Crippen molar-refractivity contribution in [2.75, 3.05) is 33.9 Å². The van der Waals surface area contributed by atoms with Crippen LogP contribution in [0.2, 0.25) is 5.02 Å². The number of carbonyl (C=O) groups excluding carboxylic acids is 1. The van der Waals surface area contributed by atoms with Gasteiger partial charge in [0.2, 0.25) is 15.9 Å². The number of ether oxygens (including phenoxy) is 2. The van der Waals surface area contributed by atoms with Crippen LogP contribution in [0.15, 0.2) is 53.4 Å². The highest BCUT2D eigenvalue weighted by atomic mass is 35.5. The molecule has 1 amide bonds. The molecule has 0 atom stereocenters. The lowest BCUT2D eigenvalue weighted by molar-refractivity contribution is -0.121. The molecule has 0 unspecified atom stereocenters. The van der Waals surface area contributed by atoms with Crippen LogP contribution in [0.5, 0.6) is 5.75 Å². The minimum absolute atomic E-state index is 0.0321. The standard InChI is InChI=1S/C20H25ClN2O5S/c1-27-12-6-11-22-20(24)15-23(14-16-7-4-3-5-8-16)29(25,26)19-13-17(21)9-10-18(19)28-2/h3-5,7-10,13H,6,11-12,14-15H2,1-2H3,(H,22,24). The van der Waals surface area contributed by atoms with Crippen LogP contribution in [0.25, 0.3) is 0 Å². The quantitative estimate of drug-likeness (QED) is 0.543. The predicted octanol–water partition coefficient (Wildman–Crippen LogP) is 2.69. The van der Waals surface area contributed by atoms with Crippen LogP contribution in [0.4, 0.5) is 0 Å². The van der Waals surface area contributed by atoms with Crippen molar-refractivity contribution in [1.82, 2.24) is 9.62 Å². The molecule has 7 nitrogen and oxygen atoms in total. The van der Waals surface area contributed by atoms with E-state index in [0.717, 1.165) is 9.87 Å². The minimum atomic E-state index is -4.06. The van der Waals surface area contributed by atoms with Crippen LogP contribution in [-0.4, -0.2) is 52.5 Å². The second kappa shape index (κ2) is 11.2. The van der Waals surface area contributed by atoms with Gasteiger partial charge in [-0.1, -0.05) is 41.9 Å². The highest BCUT2D eigenvalue weighted by molar-refractivity contribution is 7.89. The van der Waals surface area contributed by atoms with Crippen molar-refractivity contribution in [1.29, 1.82) is 0 Å². The number of hydrogen-bond acceptors (Lipinski definition) is 5. The summed E-state index contributed by atoms with van der Waals surface area (Å²) in [6.45, 7) is 0.600. The Balaban J connectivity index is 2.30. The first-order valence-corrected chi connectivity index (χ1v) is 10.8. The van der Waals surface area contributed by atoms with Crippen molar-refractivity contribution >= 4 is 27.5 Å². The topological polar surface area (TPSA) is 84.9 Å². The Morgan fingerprint density at radius 2 is 1.86 bits per heavy atom. The van der Waals surface area contributed by atoms with E-state index >= 15 is 0 Å². The van der Waals surface area contributed by atoms with Gasteiger partial charge in [-0.3, -0.25) is 4.79 Å². The largest absolute Gasteiger partial charge is 0.495 e. The van der Waals surface area contributed by atoms with Crippen LogP contribution in [0, 0.1) is 0 Å². The molecule has 0 radical (unpaired) electrons. The van der Waals surface area contributed by atoms with Crippen LogP contribution >= 0.6 is 11.6 Å². The van der Waals surface area contributed by atoms with E-state index in [1.807, 2.05) is 18.2 Å². The number of sulfonamides is 1. The van der Waals surface area contributed by atoms with Gasteiger partial charge in [-0.25, -0.2) is 8.42 Å². The zero-order valence-electron chi connectivity index (χ0n) is 16.4. The summed E-state index contributed by atoms with van der Waals surface area (Å²) in [5, 5.41) is 2.97. The summed E-state index contributed by atoms with van der Waals surface area (Å²) in [6.07, 6.45) is 0.635. The third kappa shape index (κ3) is 6.71. The Labute approximate surface area is 176 Å². The van der Waals surface area contributed by atoms with Gasteiger partial charge in [-0.15, -0.1) is 0 Å². The van der Waals surface area contributed by atoms with Gasteiger partial charge in [0.1, 0.15) is 10.6 Å². The van der Waals surface area contributed by atoms with E-state index in [2.05, 4.69) is 5.32 Å². The van der Waals surface area contributed by atoms with Gasteiger partial charge in [-0.05, 0) is 30.2 Å². The monoisotopic (exact) mass is 440 g/mol. The molecule has 9 heteroatoms. The fourth-order valence-corrected chi connectivity index (χ4v) is 4.47. The zero-order chi connectivity index (χ0) is 21.3. The molecule has 0 saturated heterocycles. The molecule has 0 fully saturated rings. The molecule has 29 heavy (non-hydrogen) atoms. The van der Waals surface area contributed by atoms with Gasteiger partial charge in [-0.2, -0.15) is 4.31 Å². The predicted molar refractivity (Wildman–Crippen MR) is 112 cm³/mol. The fourth-order valence-electron chi connectivity index (χ4n) is 2.66. The number of benzene rings is 2. The Hall–Kier alpha value is -2.13. The van der Waals surface area contributed by atoms with E-state index < -0.39 is 15.9 Å². The molecular weight excluding hydrogens is 416 g/mol. The molecule has 2 aromatic rings. The molecule has 1 N–H and O–H groups in total. The molecule has 2 aromatic carbocycles. The maximum atomic E-state index is 13.4. The summed E-state index contributed by atoms with van der Waals surface area (Å²) in [5.41, 5.74) is 0.754. The average molecular weight is 441 g/mol. The highest BCUT2D eigenvalue weighted by Gasteiger charge is 2.30. The van der Waals surface area contributed by atoms with Crippen molar-refractivity contribution in [3.05, 3.63) is 59.1 Å². The van der Waals surface area contributed by atoms with Crippen molar-refractivity contribution in [3.63, 3.8) is 0 Å². The number of nitrogens with one attached hydrogen (secondary N) is 1. The summed E-state index contributed by atoms with van der Waals surface area (Å²) in [6, 6.07) is 13.4. The lowest BCUT2D eigenvalue weighted by Gasteiger charge is -2.23. The number of carbonyl (C=O) groups is 1. The van der Waals surface area contributed by atoms with Crippen LogP contribution in [0.3, 0.4) is 0 Å². The summed E-state index contributed by atoms with van der Waals surface area (Å²) < 4.78 is 38.0. The zero-order valence-corrected chi connectivity index (χ0v) is 18.0. The normalized spacial score (nSPS) is 11.4. The number of nitrogens with zero attached hydrogens (tertiary/aromatic N) is 1. The second-order valence-corrected chi connectivity index (χ2v) is 8.59. The average Bonchev–Trinajstić information content (AvgIpc) is 2.71. The number of halogens is 1. The molecule has 0 aliphatic carbocycles. The molecular formula is C20H25ClN2O5S. The van der Waals surface area contributed by atoms with E-state index in [9.17, 15) is 13.2 Å². The van der Waals surface area contributed by atoms with E-state index in [1.54, 1.807) is 25.3 Å². The van der Waals surface area contributed by atoms with Crippen LogP contribution < -0.4 is 10.1 Å². The molecule has 0 bridgehead atoms. The smallest absolute Gasteiger partial charge is 0.247 e. The van der Waals surface area contributed by atoms with Gasteiger partial charge < -0.3 is 14.8 Å². The number of methoxy groups -OCH3 is 2. The minimum Gasteiger partial charge on any atom is -0.495 e. The third-order valence-corrected chi connectivity index (χ3v) is 6.16. The number of hydrogen-bond donors (Lipinski definition) is 1. The first-order valence-electron chi connectivity index (χ1n) is 9.01. The molecule has 2 rings (SSSR count). The second-order valence-electron chi connectivity index (χ2n) is 6.25. The first-order chi connectivity index (χ1) is 13.9. The fraction of sp³-hybridized carbons (Fsp3) is 0.350. The van der Waals surface area contributed by atoms with Crippen molar-refractivity contribution in [2.24, 2.45) is 0 Å². The van der Waals surface area contributed by atoms with Gasteiger partial charge in [0.15, 0.2) is 0 Å². The molecule has 158 valence electrons. The Bertz CT molecular complexity index is 906. The molecule has 0 spiro atoms. The van der Waals surface area contributed by atoms with Crippen molar-refractivity contribution < 1.29 is 22.7 Å². The van der Waals surface area contributed by atoms with Crippen LogP contribution in [0.1, 0.15) is 12.0 Å². The van der Waals surface area contributed by atoms with Crippen molar-refractivity contribution in [3.8, 4) is 5.75 Å². The van der Waals surface area contributed by atoms with Gasteiger partial charge in [0.25, 0.3) is 0 Å². The first kappa shape index (κ1) is 23.2. The van der Waals surface area contributed by atoms with E-state index in [-0.39, 0.29) is 28.8 Å². The molecule has 0 saturated carbocycles.